The minimum Gasteiger partial charge on any atom is -0.396 e. The second-order valence-electron chi connectivity index (χ2n) is 2.10. The van der Waals surface area contributed by atoms with Crippen LogP contribution in [0.25, 0.3) is 0 Å². The molecule has 0 aromatic heterocycles. The number of ketones is 2. The lowest BCUT2D eigenvalue weighted by atomic mass is 10.0. The summed E-state index contributed by atoms with van der Waals surface area (Å²) >= 11 is 5.39. The average Bonchev–Trinajstić information content (AvgIpc) is 1.97. The molecule has 1 aliphatic rings. The lowest BCUT2D eigenvalue weighted by Crippen LogP contribution is -2.37. The van der Waals surface area contributed by atoms with Crippen LogP contribution in [0.1, 0.15) is 0 Å². The van der Waals surface area contributed by atoms with E-state index in [-0.39, 0.29) is 5.70 Å². The Morgan fingerprint density at radius 3 is 2.64 bits per heavy atom. The van der Waals surface area contributed by atoms with Gasteiger partial charge in [0.25, 0.3) is 0 Å². The Balaban J connectivity index is 3.11. The first-order valence-electron chi connectivity index (χ1n) is 2.82. The van der Waals surface area contributed by atoms with Crippen LogP contribution in [-0.2, 0) is 9.59 Å². The average molecular weight is 173 g/mol. The Labute approximate surface area is 67.5 Å². The second-order valence-corrected chi connectivity index (χ2v) is 2.54. The largest absolute Gasteiger partial charge is 0.396 e. The molecule has 0 aliphatic heterocycles. The number of nitrogens with two attached hydrogens (primary N) is 1. The van der Waals surface area contributed by atoms with Crippen molar-refractivity contribution in [1.29, 1.82) is 5.41 Å². The number of Topliss-reactive ketones (excluding diaryl/α,β-unsaturated/α-hetero) is 1. The van der Waals surface area contributed by atoms with Crippen LogP contribution in [0.2, 0.25) is 0 Å². The van der Waals surface area contributed by atoms with Crippen molar-refractivity contribution >= 4 is 28.9 Å². The minimum absolute atomic E-state index is 0.175. The summed E-state index contributed by atoms with van der Waals surface area (Å²) in [6.45, 7) is 0. The van der Waals surface area contributed by atoms with Gasteiger partial charge in [0.2, 0.25) is 11.6 Å². The van der Waals surface area contributed by atoms with Crippen LogP contribution in [0.5, 0.6) is 0 Å². The summed E-state index contributed by atoms with van der Waals surface area (Å²) in [6, 6.07) is 0. The molecule has 0 aromatic rings. The first-order chi connectivity index (χ1) is 5.04. The Morgan fingerprint density at radius 2 is 2.09 bits per heavy atom. The molecule has 11 heavy (non-hydrogen) atoms. The number of rotatable bonds is 0. The summed E-state index contributed by atoms with van der Waals surface area (Å²) in [5.41, 5.74) is 4.54. The Hall–Kier alpha value is -1.16. The van der Waals surface area contributed by atoms with Crippen LogP contribution in [0, 0.1) is 5.41 Å². The molecule has 3 N–H and O–H groups in total. The van der Waals surface area contributed by atoms with Gasteiger partial charge in [-0.3, -0.25) is 15.0 Å². The van der Waals surface area contributed by atoms with Crippen LogP contribution >= 0.6 is 11.6 Å². The third-order valence-electron chi connectivity index (χ3n) is 1.32. The molecular formula is C6H5ClN2O2. The van der Waals surface area contributed by atoms with Gasteiger partial charge in [-0.25, -0.2) is 0 Å². The molecule has 0 heterocycles. The number of nitrogens with one attached hydrogen (secondary N) is 1. The molecule has 0 radical (unpaired) electrons. The fraction of sp³-hybridized carbons (Fsp3) is 0.167. The van der Waals surface area contributed by atoms with Crippen molar-refractivity contribution in [1.82, 2.24) is 0 Å². The van der Waals surface area contributed by atoms with Crippen LogP contribution in [0.15, 0.2) is 11.8 Å². The predicted molar refractivity (Wildman–Crippen MR) is 39.7 cm³/mol. The maximum absolute atomic E-state index is 10.9. The van der Waals surface area contributed by atoms with Crippen molar-refractivity contribution in [3.63, 3.8) is 0 Å². The molecule has 0 bridgehead atoms. The maximum Gasteiger partial charge on any atom is 0.203 e. The molecule has 0 spiro atoms. The highest BCUT2D eigenvalue weighted by Crippen LogP contribution is 2.10. The Kier molecular flexibility index (Phi) is 1.78. The summed E-state index contributed by atoms with van der Waals surface area (Å²) in [5, 5.41) is 5.82. The van der Waals surface area contributed by atoms with Gasteiger partial charge in [0.1, 0.15) is 11.1 Å². The summed E-state index contributed by atoms with van der Waals surface area (Å²) in [5.74, 6) is -1.17. The van der Waals surface area contributed by atoms with Crippen molar-refractivity contribution in [2.45, 2.75) is 5.38 Å². The molecule has 0 saturated heterocycles. The quantitative estimate of drug-likeness (QED) is 0.488. The molecule has 0 fully saturated rings. The van der Waals surface area contributed by atoms with Gasteiger partial charge < -0.3 is 5.73 Å². The first kappa shape index (κ1) is 7.94. The summed E-state index contributed by atoms with van der Waals surface area (Å²) in [4.78, 5) is 21.6. The number of carbonyl (C=O) groups is 2. The van der Waals surface area contributed by atoms with Gasteiger partial charge in [-0.2, -0.15) is 0 Å². The van der Waals surface area contributed by atoms with Gasteiger partial charge in [-0.1, -0.05) is 0 Å². The van der Waals surface area contributed by atoms with Gasteiger partial charge in [0.05, 0.1) is 5.70 Å². The molecule has 1 aliphatic carbocycles. The zero-order valence-electron chi connectivity index (χ0n) is 5.43. The summed E-state index contributed by atoms with van der Waals surface area (Å²) in [7, 11) is 0. The van der Waals surface area contributed by atoms with Crippen molar-refractivity contribution in [3.05, 3.63) is 11.8 Å². The van der Waals surface area contributed by atoms with Crippen LogP contribution in [0.3, 0.4) is 0 Å². The Morgan fingerprint density at radius 1 is 1.55 bits per heavy atom. The number of carbonyl (C=O) groups excluding carboxylic acids is 2. The van der Waals surface area contributed by atoms with Crippen LogP contribution < -0.4 is 5.73 Å². The molecular weight excluding hydrogens is 168 g/mol. The van der Waals surface area contributed by atoms with Crippen molar-refractivity contribution in [3.8, 4) is 0 Å². The number of halogens is 1. The van der Waals surface area contributed by atoms with Gasteiger partial charge in [0, 0.05) is 6.08 Å². The van der Waals surface area contributed by atoms with E-state index in [1.54, 1.807) is 0 Å². The fourth-order valence-electron chi connectivity index (χ4n) is 0.692. The molecule has 0 amide bonds. The zero-order valence-corrected chi connectivity index (χ0v) is 6.18. The van der Waals surface area contributed by atoms with E-state index in [2.05, 4.69) is 0 Å². The van der Waals surface area contributed by atoms with E-state index < -0.39 is 22.7 Å². The molecule has 58 valence electrons. The number of alkyl halides is 1. The van der Waals surface area contributed by atoms with E-state index in [9.17, 15) is 9.59 Å². The third kappa shape index (κ3) is 1.17. The van der Waals surface area contributed by atoms with E-state index in [4.69, 9.17) is 22.7 Å². The second kappa shape index (κ2) is 2.47. The maximum atomic E-state index is 10.9. The molecule has 1 atom stereocenters. The topological polar surface area (TPSA) is 84.0 Å². The molecule has 0 aromatic carbocycles. The van der Waals surface area contributed by atoms with E-state index in [0.29, 0.717) is 0 Å². The lowest BCUT2D eigenvalue weighted by molar-refractivity contribution is -0.116. The highest BCUT2D eigenvalue weighted by atomic mass is 35.5. The highest BCUT2D eigenvalue weighted by Gasteiger charge is 2.31. The fourth-order valence-corrected chi connectivity index (χ4v) is 0.926. The predicted octanol–water partition coefficient (Wildman–Crippen LogP) is -0.392. The number of allylic oxidation sites excluding steroid dienone is 2. The molecule has 1 unspecified atom stereocenters. The molecule has 1 rings (SSSR count). The van der Waals surface area contributed by atoms with E-state index in [0.717, 1.165) is 6.08 Å². The monoisotopic (exact) mass is 172 g/mol. The van der Waals surface area contributed by atoms with E-state index in [1.807, 2.05) is 0 Å². The van der Waals surface area contributed by atoms with E-state index in [1.165, 1.54) is 0 Å². The van der Waals surface area contributed by atoms with Gasteiger partial charge >= 0.3 is 0 Å². The smallest absolute Gasteiger partial charge is 0.203 e. The molecule has 0 saturated carbocycles. The SMILES string of the molecule is N=C1C(=O)C=C(N)C(=O)C1Cl. The first-order valence-corrected chi connectivity index (χ1v) is 3.26. The molecule has 4 nitrogen and oxygen atoms in total. The van der Waals surface area contributed by atoms with Crippen LogP contribution in [0.4, 0.5) is 0 Å². The van der Waals surface area contributed by atoms with Crippen molar-refractivity contribution in [2.24, 2.45) is 5.73 Å². The Bertz CT molecular complexity index is 282. The van der Waals surface area contributed by atoms with Gasteiger partial charge in [-0.15, -0.1) is 11.6 Å². The van der Waals surface area contributed by atoms with Crippen molar-refractivity contribution in [2.75, 3.05) is 0 Å². The standard InChI is InChI=1S/C6H5ClN2O2/c7-4-5(9)3(10)1-2(8)6(4)11/h1,4,9H,8H2. The summed E-state index contributed by atoms with van der Waals surface area (Å²) < 4.78 is 0. The summed E-state index contributed by atoms with van der Waals surface area (Å²) in [6.07, 6.45) is 0.920. The minimum atomic E-state index is -1.20. The van der Waals surface area contributed by atoms with Crippen LogP contribution in [-0.4, -0.2) is 22.7 Å². The van der Waals surface area contributed by atoms with Gasteiger partial charge in [0.15, 0.2) is 0 Å². The zero-order chi connectivity index (χ0) is 8.59. The lowest BCUT2D eigenvalue weighted by Gasteiger charge is -2.12. The molecule has 5 heteroatoms. The van der Waals surface area contributed by atoms with E-state index >= 15 is 0 Å². The normalized spacial score (nSPS) is 25.4. The van der Waals surface area contributed by atoms with Gasteiger partial charge in [-0.05, 0) is 0 Å². The third-order valence-corrected chi connectivity index (χ3v) is 1.74. The van der Waals surface area contributed by atoms with Crippen molar-refractivity contribution < 1.29 is 9.59 Å². The highest BCUT2D eigenvalue weighted by molar-refractivity contribution is 6.62. The number of hydrogen-bond acceptors (Lipinski definition) is 4. The number of hydrogen-bond donors (Lipinski definition) is 2.